The normalized spacial score (nSPS) is 17.0. The molecule has 0 atom stereocenters. The highest BCUT2D eigenvalue weighted by Gasteiger charge is 2.24. The van der Waals surface area contributed by atoms with Gasteiger partial charge in [-0.25, -0.2) is 27.9 Å². The smallest absolute Gasteiger partial charge is 0.322 e. The Morgan fingerprint density at radius 1 is 0.862 bits per heavy atom. The number of aromatic nitrogens is 2. The average Bonchev–Trinajstić information content (AvgIpc) is 3.29. The van der Waals surface area contributed by atoms with E-state index >= 15 is 0 Å². The molecule has 0 spiro atoms. The number of benzene rings is 1. The van der Waals surface area contributed by atoms with Crippen LogP contribution in [0.25, 0.3) is 0 Å². The molecule has 10 heteroatoms. The van der Waals surface area contributed by atoms with E-state index in [2.05, 4.69) is 25.1 Å². The predicted octanol–water partition coefficient (Wildman–Crippen LogP) is 2.85. The second-order valence-corrected chi connectivity index (χ2v) is 7.06. The van der Waals surface area contributed by atoms with E-state index in [0.29, 0.717) is 26.2 Å². The zero-order valence-corrected chi connectivity index (χ0v) is 15.7. The lowest BCUT2D eigenvalue weighted by Crippen LogP contribution is -2.50. The largest absolute Gasteiger partial charge is 0.356 e. The van der Waals surface area contributed by atoms with Gasteiger partial charge in [0.25, 0.3) is 0 Å². The zero-order valence-electron chi connectivity index (χ0n) is 15.7. The molecule has 2 aliphatic rings. The SMILES string of the molecule is O=C(Nc1ccc(F)c(F)c1F)N1CCN(c2cc(N3CCCC3)ncn2)CC1. The van der Waals surface area contributed by atoms with E-state index in [4.69, 9.17) is 0 Å². The molecule has 3 heterocycles. The molecule has 4 rings (SSSR count). The lowest BCUT2D eigenvalue weighted by atomic mass is 10.2. The molecule has 2 amide bonds. The maximum absolute atomic E-state index is 13.8. The molecular weight excluding hydrogens is 385 g/mol. The highest BCUT2D eigenvalue weighted by Crippen LogP contribution is 2.23. The van der Waals surface area contributed by atoms with E-state index in [-0.39, 0.29) is 5.69 Å². The molecule has 2 aliphatic heterocycles. The van der Waals surface area contributed by atoms with Crippen molar-refractivity contribution in [1.29, 1.82) is 0 Å². The van der Waals surface area contributed by atoms with Crippen molar-refractivity contribution >= 4 is 23.4 Å². The molecule has 2 saturated heterocycles. The van der Waals surface area contributed by atoms with E-state index < -0.39 is 23.5 Å². The Bertz CT molecular complexity index is 898. The summed E-state index contributed by atoms with van der Waals surface area (Å²) in [6, 6.07) is 3.18. The third-order valence-electron chi connectivity index (χ3n) is 5.24. The topological polar surface area (TPSA) is 64.6 Å². The average molecular weight is 406 g/mol. The Balaban J connectivity index is 1.36. The fourth-order valence-corrected chi connectivity index (χ4v) is 3.58. The second kappa shape index (κ2) is 8.14. The van der Waals surface area contributed by atoms with Crippen LogP contribution in [0.15, 0.2) is 24.5 Å². The molecule has 0 saturated carbocycles. The van der Waals surface area contributed by atoms with Gasteiger partial charge in [0.15, 0.2) is 17.5 Å². The van der Waals surface area contributed by atoms with Gasteiger partial charge in [-0.1, -0.05) is 0 Å². The van der Waals surface area contributed by atoms with Gasteiger partial charge in [-0.15, -0.1) is 0 Å². The van der Waals surface area contributed by atoms with Crippen LogP contribution in [0.3, 0.4) is 0 Å². The van der Waals surface area contributed by atoms with Gasteiger partial charge in [0.2, 0.25) is 0 Å². The van der Waals surface area contributed by atoms with Crippen molar-refractivity contribution in [3.8, 4) is 0 Å². The van der Waals surface area contributed by atoms with Crippen molar-refractivity contribution in [3.63, 3.8) is 0 Å². The Hall–Kier alpha value is -3.04. The number of halogens is 3. The van der Waals surface area contributed by atoms with Crippen LogP contribution in [-0.2, 0) is 0 Å². The minimum Gasteiger partial charge on any atom is -0.356 e. The third-order valence-corrected chi connectivity index (χ3v) is 5.24. The predicted molar refractivity (Wildman–Crippen MR) is 103 cm³/mol. The van der Waals surface area contributed by atoms with Gasteiger partial charge in [0.1, 0.15) is 18.0 Å². The zero-order chi connectivity index (χ0) is 20.4. The van der Waals surface area contributed by atoms with Crippen molar-refractivity contribution < 1.29 is 18.0 Å². The van der Waals surface area contributed by atoms with Crippen molar-refractivity contribution in [2.24, 2.45) is 0 Å². The van der Waals surface area contributed by atoms with Gasteiger partial charge < -0.3 is 20.0 Å². The summed E-state index contributed by atoms with van der Waals surface area (Å²) in [7, 11) is 0. The summed E-state index contributed by atoms with van der Waals surface area (Å²) in [6.45, 7) is 3.85. The fraction of sp³-hybridized carbons (Fsp3) is 0.421. The Morgan fingerprint density at radius 3 is 2.14 bits per heavy atom. The van der Waals surface area contributed by atoms with E-state index in [1.807, 2.05) is 6.07 Å². The van der Waals surface area contributed by atoms with Crippen LogP contribution in [0.2, 0.25) is 0 Å². The second-order valence-electron chi connectivity index (χ2n) is 7.06. The summed E-state index contributed by atoms with van der Waals surface area (Å²) in [6.07, 6.45) is 3.87. The first kappa shape index (κ1) is 19.3. The minimum atomic E-state index is -1.61. The van der Waals surface area contributed by atoms with Gasteiger partial charge >= 0.3 is 6.03 Å². The molecule has 0 aliphatic carbocycles. The van der Waals surface area contributed by atoms with Crippen LogP contribution in [0.5, 0.6) is 0 Å². The van der Waals surface area contributed by atoms with Gasteiger partial charge in [-0.05, 0) is 25.0 Å². The summed E-state index contributed by atoms with van der Waals surface area (Å²) in [5.74, 6) is -2.61. The van der Waals surface area contributed by atoms with Crippen molar-refractivity contribution in [2.75, 3.05) is 54.4 Å². The molecule has 0 radical (unpaired) electrons. The number of amides is 2. The lowest BCUT2D eigenvalue weighted by molar-refractivity contribution is 0.208. The molecule has 2 fully saturated rings. The Morgan fingerprint density at radius 2 is 1.48 bits per heavy atom. The first-order valence-electron chi connectivity index (χ1n) is 9.54. The molecule has 7 nitrogen and oxygen atoms in total. The summed E-state index contributed by atoms with van der Waals surface area (Å²) < 4.78 is 40.1. The quantitative estimate of drug-likeness (QED) is 0.795. The lowest BCUT2D eigenvalue weighted by Gasteiger charge is -2.35. The number of hydrogen-bond acceptors (Lipinski definition) is 5. The molecule has 0 unspecified atom stereocenters. The number of nitrogens with one attached hydrogen (secondary N) is 1. The first-order valence-corrected chi connectivity index (χ1v) is 9.54. The van der Waals surface area contributed by atoms with E-state index in [1.165, 1.54) is 4.90 Å². The summed E-state index contributed by atoms with van der Waals surface area (Å²) in [4.78, 5) is 26.8. The van der Waals surface area contributed by atoms with Gasteiger partial charge in [0, 0.05) is 45.3 Å². The first-order chi connectivity index (χ1) is 14.0. The summed E-state index contributed by atoms with van der Waals surface area (Å²) in [5, 5.41) is 2.30. The number of carbonyl (C=O) groups excluding carboxylic acids is 1. The molecule has 1 N–H and O–H groups in total. The summed E-state index contributed by atoms with van der Waals surface area (Å²) in [5.41, 5.74) is -0.387. The number of anilines is 3. The van der Waals surface area contributed by atoms with Gasteiger partial charge in [0.05, 0.1) is 5.69 Å². The number of piperazine rings is 1. The van der Waals surface area contributed by atoms with E-state index in [1.54, 1.807) is 6.33 Å². The number of nitrogens with zero attached hydrogens (tertiary/aromatic N) is 5. The van der Waals surface area contributed by atoms with Crippen LogP contribution in [0.1, 0.15) is 12.8 Å². The fourth-order valence-electron chi connectivity index (χ4n) is 3.58. The standard InChI is InChI=1S/C19H21F3N6O/c20-13-3-4-14(18(22)17(13)21)25-19(29)28-9-7-27(8-10-28)16-11-15(23-12-24-16)26-5-1-2-6-26/h3-4,11-12H,1-2,5-10H2,(H,25,29). The molecule has 0 bridgehead atoms. The number of urea groups is 1. The van der Waals surface area contributed by atoms with Crippen LogP contribution in [0, 0.1) is 17.5 Å². The van der Waals surface area contributed by atoms with Crippen molar-refractivity contribution in [1.82, 2.24) is 14.9 Å². The van der Waals surface area contributed by atoms with E-state index in [0.717, 1.165) is 49.7 Å². The molecule has 1 aromatic carbocycles. The van der Waals surface area contributed by atoms with Crippen LogP contribution in [-0.4, -0.2) is 60.2 Å². The van der Waals surface area contributed by atoms with Crippen molar-refractivity contribution in [3.05, 3.63) is 42.0 Å². The molecular formula is C19H21F3N6O. The van der Waals surface area contributed by atoms with Gasteiger partial charge in [-0.3, -0.25) is 0 Å². The maximum Gasteiger partial charge on any atom is 0.322 e. The van der Waals surface area contributed by atoms with Crippen LogP contribution >= 0.6 is 0 Å². The molecule has 29 heavy (non-hydrogen) atoms. The van der Waals surface area contributed by atoms with Gasteiger partial charge in [-0.2, -0.15) is 0 Å². The highest BCUT2D eigenvalue weighted by molar-refractivity contribution is 5.89. The number of rotatable bonds is 3. The van der Waals surface area contributed by atoms with E-state index in [9.17, 15) is 18.0 Å². The Kier molecular flexibility index (Phi) is 5.41. The number of carbonyl (C=O) groups is 1. The van der Waals surface area contributed by atoms with Crippen LogP contribution in [0.4, 0.5) is 35.3 Å². The highest BCUT2D eigenvalue weighted by atomic mass is 19.2. The molecule has 1 aromatic heterocycles. The summed E-state index contributed by atoms with van der Waals surface area (Å²) >= 11 is 0. The minimum absolute atomic E-state index is 0.387. The number of hydrogen-bond donors (Lipinski definition) is 1. The molecule has 2 aromatic rings. The third kappa shape index (κ3) is 4.06. The van der Waals surface area contributed by atoms with Crippen LogP contribution < -0.4 is 15.1 Å². The monoisotopic (exact) mass is 406 g/mol. The Labute approximate surface area is 166 Å². The maximum atomic E-state index is 13.8. The van der Waals surface area contributed by atoms with Crippen molar-refractivity contribution in [2.45, 2.75) is 12.8 Å². The molecule has 154 valence electrons.